The van der Waals surface area contributed by atoms with Crippen molar-refractivity contribution in [3.63, 3.8) is 0 Å². The van der Waals surface area contributed by atoms with E-state index in [0.29, 0.717) is 0 Å². The van der Waals surface area contributed by atoms with Crippen molar-refractivity contribution in [3.8, 4) is 0 Å². The van der Waals surface area contributed by atoms with Gasteiger partial charge in [-0.25, -0.2) is 0 Å². The summed E-state index contributed by atoms with van der Waals surface area (Å²) in [5.41, 5.74) is 2.22. The third-order valence-electron chi connectivity index (χ3n) is 3.48. The molecule has 0 saturated heterocycles. The lowest BCUT2D eigenvalue weighted by Gasteiger charge is -2.41. The molecule has 0 spiro atoms. The van der Waals surface area contributed by atoms with Crippen molar-refractivity contribution in [1.29, 1.82) is 0 Å². The number of allylic oxidation sites excluding steroid dienone is 10. The quantitative estimate of drug-likeness (QED) is 0.450. The van der Waals surface area contributed by atoms with Gasteiger partial charge in [0, 0.05) is 16.9 Å². The maximum absolute atomic E-state index is 3.85. The molecule has 0 aliphatic heterocycles. The average Bonchev–Trinajstić information content (AvgIpc) is 2.50. The molecule has 0 saturated carbocycles. The number of rotatable bonds is 9. The molecule has 0 unspecified atom stereocenters. The summed E-state index contributed by atoms with van der Waals surface area (Å²) in [6.07, 6.45) is 21.1. The van der Waals surface area contributed by atoms with Gasteiger partial charge in [0.15, 0.2) is 0 Å². The predicted octanol–water partition coefficient (Wildman–Crippen LogP) is 6.33. The maximum atomic E-state index is 3.85. The molecule has 0 fully saturated rings. The molecule has 0 radical (unpaired) electrons. The zero-order valence-corrected chi connectivity index (χ0v) is 14.8. The molecule has 0 aliphatic rings. The van der Waals surface area contributed by atoms with Gasteiger partial charge in [-0.2, -0.15) is 0 Å². The minimum Gasteiger partial charge on any atom is -0.336 e. The van der Waals surface area contributed by atoms with Crippen LogP contribution in [0.4, 0.5) is 0 Å². The van der Waals surface area contributed by atoms with Crippen molar-refractivity contribution < 1.29 is 0 Å². The maximum Gasteiger partial charge on any atom is 0.0415 e. The average molecular weight is 297 g/mol. The summed E-state index contributed by atoms with van der Waals surface area (Å²) in [7, 11) is 0. The van der Waals surface area contributed by atoms with Crippen LogP contribution in [0.5, 0.6) is 0 Å². The number of hydrogen-bond donors (Lipinski definition) is 0. The summed E-state index contributed by atoms with van der Waals surface area (Å²) in [5, 5.41) is 0. The molecule has 0 amide bonds. The van der Waals surface area contributed by atoms with Crippen molar-refractivity contribution >= 4 is 0 Å². The second-order valence-electron chi connectivity index (χ2n) is 5.54. The molecule has 0 aromatic rings. The zero-order valence-electron chi connectivity index (χ0n) is 14.8. The molecule has 0 rings (SSSR count). The van der Waals surface area contributed by atoms with E-state index in [4.69, 9.17) is 0 Å². The van der Waals surface area contributed by atoms with E-state index in [0.717, 1.165) is 17.8 Å². The third kappa shape index (κ3) is 6.17. The van der Waals surface area contributed by atoms with E-state index in [1.165, 1.54) is 0 Å². The smallest absolute Gasteiger partial charge is 0.0415 e. The summed E-state index contributed by atoms with van der Waals surface area (Å²) in [6.45, 7) is 18.4. The van der Waals surface area contributed by atoms with Crippen LogP contribution in [0.3, 0.4) is 0 Å². The molecule has 0 N–H and O–H groups in total. The van der Waals surface area contributed by atoms with Gasteiger partial charge in [0.25, 0.3) is 0 Å². The fourth-order valence-corrected chi connectivity index (χ4v) is 2.07. The van der Waals surface area contributed by atoms with E-state index in [-0.39, 0.29) is 5.54 Å². The van der Waals surface area contributed by atoms with Crippen molar-refractivity contribution in [2.24, 2.45) is 0 Å². The van der Waals surface area contributed by atoms with E-state index < -0.39 is 0 Å². The summed E-state index contributed by atoms with van der Waals surface area (Å²) in [5.74, 6) is 0. The highest BCUT2D eigenvalue weighted by molar-refractivity contribution is 5.35. The molecule has 0 aliphatic carbocycles. The van der Waals surface area contributed by atoms with E-state index in [1.807, 2.05) is 38.2 Å². The lowest BCUT2D eigenvalue weighted by Crippen LogP contribution is -2.41. The molecule has 1 nitrogen and oxygen atoms in total. The topological polar surface area (TPSA) is 3.24 Å². The van der Waals surface area contributed by atoms with Crippen LogP contribution >= 0.6 is 0 Å². The normalized spacial score (nSPS) is 14.2. The second kappa shape index (κ2) is 10.7. The van der Waals surface area contributed by atoms with Gasteiger partial charge in [0.1, 0.15) is 0 Å². The van der Waals surface area contributed by atoms with Crippen LogP contribution in [-0.4, -0.2) is 10.4 Å². The Balaban J connectivity index is 6.20. The molecule has 0 atom stereocenters. The van der Waals surface area contributed by atoms with E-state index in [1.54, 1.807) is 6.08 Å². The van der Waals surface area contributed by atoms with Crippen molar-refractivity contribution in [3.05, 3.63) is 85.3 Å². The Bertz CT molecular complexity index is 494. The largest absolute Gasteiger partial charge is 0.336 e. The van der Waals surface area contributed by atoms with Gasteiger partial charge in [0.2, 0.25) is 0 Å². The Labute approximate surface area is 137 Å². The number of hydrogen-bond acceptors (Lipinski definition) is 1. The van der Waals surface area contributed by atoms with E-state index in [9.17, 15) is 0 Å². The first-order chi connectivity index (χ1) is 10.5. The fourth-order valence-electron chi connectivity index (χ4n) is 2.07. The van der Waals surface area contributed by atoms with Gasteiger partial charge in [-0.1, -0.05) is 56.5 Å². The monoisotopic (exact) mass is 297 g/mol. The first-order valence-corrected chi connectivity index (χ1v) is 7.86. The second-order valence-corrected chi connectivity index (χ2v) is 5.54. The first-order valence-electron chi connectivity index (χ1n) is 7.86. The Morgan fingerprint density at radius 3 is 2.00 bits per heavy atom. The van der Waals surface area contributed by atoms with Crippen molar-refractivity contribution in [2.45, 2.75) is 46.6 Å². The van der Waals surface area contributed by atoms with Crippen molar-refractivity contribution in [2.75, 3.05) is 0 Å². The van der Waals surface area contributed by atoms with Gasteiger partial charge in [-0.3, -0.25) is 0 Å². The zero-order chi connectivity index (χ0) is 17.0. The van der Waals surface area contributed by atoms with Gasteiger partial charge in [-0.15, -0.1) is 0 Å². The highest BCUT2D eigenvalue weighted by atomic mass is 15.2. The fraction of sp³-hybridized carbons (Fsp3) is 0.333. The van der Waals surface area contributed by atoms with Crippen LogP contribution in [0.25, 0.3) is 0 Å². The van der Waals surface area contributed by atoms with Gasteiger partial charge in [0.05, 0.1) is 0 Å². The molecular weight excluding hydrogens is 266 g/mol. The first kappa shape index (κ1) is 20.0. The Morgan fingerprint density at radius 1 is 0.909 bits per heavy atom. The molecule has 1 heteroatoms. The van der Waals surface area contributed by atoms with Crippen LogP contribution in [0.2, 0.25) is 0 Å². The summed E-state index contributed by atoms with van der Waals surface area (Å²) < 4.78 is 0. The molecular formula is C21H31N. The van der Waals surface area contributed by atoms with Crippen molar-refractivity contribution in [1.82, 2.24) is 4.90 Å². The molecule has 22 heavy (non-hydrogen) atoms. The Hall–Kier alpha value is -2.02. The summed E-state index contributed by atoms with van der Waals surface area (Å²) in [6, 6.07) is 0. The minimum atomic E-state index is -0.0206. The Kier molecular flexibility index (Phi) is 9.69. The lowest BCUT2D eigenvalue weighted by molar-refractivity contribution is 0.218. The molecule has 0 aromatic carbocycles. The third-order valence-corrected chi connectivity index (χ3v) is 3.48. The van der Waals surface area contributed by atoms with Crippen LogP contribution in [-0.2, 0) is 0 Å². The summed E-state index contributed by atoms with van der Waals surface area (Å²) >= 11 is 0. The van der Waals surface area contributed by atoms with Crippen LogP contribution in [0.1, 0.15) is 41.0 Å². The molecule has 0 aromatic heterocycles. The SMILES string of the molecule is C=C/C=C\C(=C/C=C)N(C(/C=C\C)=C/C=C\C)C(C)(C)CC. The predicted molar refractivity (Wildman–Crippen MR) is 102 cm³/mol. The lowest BCUT2D eigenvalue weighted by atomic mass is 9.96. The number of nitrogens with zero attached hydrogens (tertiary/aromatic N) is 1. The van der Waals surface area contributed by atoms with Gasteiger partial charge >= 0.3 is 0 Å². The Morgan fingerprint density at radius 2 is 1.55 bits per heavy atom. The van der Waals surface area contributed by atoms with E-state index in [2.05, 4.69) is 69.2 Å². The van der Waals surface area contributed by atoms with E-state index >= 15 is 0 Å². The summed E-state index contributed by atoms with van der Waals surface area (Å²) in [4.78, 5) is 2.34. The molecule has 120 valence electrons. The van der Waals surface area contributed by atoms with Gasteiger partial charge < -0.3 is 4.90 Å². The van der Waals surface area contributed by atoms with Crippen LogP contribution in [0, 0.1) is 0 Å². The van der Waals surface area contributed by atoms with Gasteiger partial charge in [-0.05, 0) is 58.4 Å². The highest BCUT2D eigenvalue weighted by Crippen LogP contribution is 2.30. The highest BCUT2D eigenvalue weighted by Gasteiger charge is 2.27. The van der Waals surface area contributed by atoms with Crippen LogP contribution in [0.15, 0.2) is 85.3 Å². The molecule has 0 bridgehead atoms. The minimum absolute atomic E-state index is 0.0206. The van der Waals surface area contributed by atoms with Crippen LogP contribution < -0.4 is 0 Å². The standard InChI is InChI=1S/C21H31N/c1-8-13-17-19(15-10-3)22(21(6,7)12-5)20(16-11-4)18-14-9-2/h8-11,13-18H,1,3,12H2,2,4-7H3/b14-9-,16-11-,17-13-,19-15+,20-18+. The molecule has 0 heterocycles.